The Labute approximate surface area is 247 Å². The molecule has 0 radical (unpaired) electrons. The molecule has 1 N–H and O–H groups in total. The topological polar surface area (TPSA) is 80.4 Å². The van der Waals surface area contributed by atoms with Crippen LogP contribution in [0.5, 0.6) is 0 Å². The van der Waals surface area contributed by atoms with Crippen molar-refractivity contribution in [2.75, 3.05) is 17.2 Å². The molecule has 212 valence electrons. The zero-order chi connectivity index (χ0) is 29.2. The van der Waals surface area contributed by atoms with Crippen molar-refractivity contribution in [2.24, 2.45) is 0 Å². The van der Waals surface area contributed by atoms with Crippen LogP contribution in [0.25, 0.3) is 16.9 Å². The maximum atomic E-state index is 15.4. The van der Waals surface area contributed by atoms with Crippen molar-refractivity contribution in [3.63, 3.8) is 0 Å². The second kappa shape index (κ2) is 11.7. The average Bonchev–Trinajstić information content (AvgIpc) is 3.63. The van der Waals surface area contributed by atoms with Gasteiger partial charge in [-0.25, -0.2) is 9.07 Å². The third-order valence-corrected chi connectivity index (χ3v) is 8.71. The fourth-order valence-corrected chi connectivity index (χ4v) is 6.41. The van der Waals surface area contributed by atoms with Gasteiger partial charge < -0.3 is 9.73 Å². The molecule has 6 rings (SSSR count). The molecule has 0 fully saturated rings. The van der Waals surface area contributed by atoms with Crippen LogP contribution in [0.3, 0.4) is 0 Å². The van der Waals surface area contributed by atoms with E-state index in [0.29, 0.717) is 28.4 Å². The number of aryl methyl sites for hydroxylation is 1. The normalized spacial score (nSPS) is 14.9. The minimum absolute atomic E-state index is 0.0557. The number of benzene rings is 3. The summed E-state index contributed by atoms with van der Waals surface area (Å²) >= 11 is 1.34. The number of aromatic nitrogens is 2. The van der Waals surface area contributed by atoms with Crippen molar-refractivity contribution in [3.8, 4) is 16.9 Å². The summed E-state index contributed by atoms with van der Waals surface area (Å²) in [5.41, 5.74) is 5.41. The number of anilines is 1. The maximum Gasteiger partial charge on any atom is 0.240 e. The van der Waals surface area contributed by atoms with E-state index in [0.717, 1.165) is 22.4 Å². The number of hydrogen-bond donors (Lipinski definition) is 1. The SMILES string of the molecule is Cc1cccc(-n2nc(-c3ccccc3)c3c2N(CC(=O)NCc2ccco2)C(=O)CS[C@@H]3c2ccccc2F)c1C. The molecular weight excluding hydrogens is 551 g/mol. The lowest BCUT2D eigenvalue weighted by Crippen LogP contribution is -2.42. The summed E-state index contributed by atoms with van der Waals surface area (Å²) in [5.74, 6) is 0.137. The molecule has 1 aliphatic heterocycles. The molecule has 0 spiro atoms. The fourth-order valence-electron chi connectivity index (χ4n) is 5.19. The monoisotopic (exact) mass is 580 g/mol. The quantitative estimate of drug-likeness (QED) is 0.242. The van der Waals surface area contributed by atoms with E-state index in [1.54, 1.807) is 41.3 Å². The second-order valence-corrected chi connectivity index (χ2v) is 11.2. The molecular formula is C33H29FN4O3S. The van der Waals surface area contributed by atoms with Gasteiger partial charge in [-0.15, -0.1) is 11.8 Å². The number of amides is 2. The minimum atomic E-state index is -0.546. The predicted octanol–water partition coefficient (Wildman–Crippen LogP) is 6.37. The van der Waals surface area contributed by atoms with E-state index in [-0.39, 0.29) is 36.5 Å². The first-order valence-electron chi connectivity index (χ1n) is 13.6. The highest BCUT2D eigenvalue weighted by Gasteiger charge is 2.38. The summed E-state index contributed by atoms with van der Waals surface area (Å²) in [7, 11) is 0. The summed E-state index contributed by atoms with van der Waals surface area (Å²) in [5, 5.41) is 7.41. The summed E-state index contributed by atoms with van der Waals surface area (Å²) < 4.78 is 22.5. The first-order chi connectivity index (χ1) is 20.4. The summed E-state index contributed by atoms with van der Waals surface area (Å²) in [4.78, 5) is 28.6. The minimum Gasteiger partial charge on any atom is -0.467 e. The number of thioether (sulfide) groups is 1. The summed E-state index contributed by atoms with van der Waals surface area (Å²) in [6.07, 6.45) is 1.54. The number of nitrogens with one attached hydrogen (secondary N) is 1. The largest absolute Gasteiger partial charge is 0.467 e. The number of nitrogens with zero attached hydrogens (tertiary/aromatic N) is 3. The molecule has 7 nitrogen and oxygen atoms in total. The predicted molar refractivity (Wildman–Crippen MR) is 162 cm³/mol. The van der Waals surface area contributed by atoms with Crippen molar-refractivity contribution >= 4 is 29.4 Å². The van der Waals surface area contributed by atoms with Gasteiger partial charge in [0.15, 0.2) is 0 Å². The van der Waals surface area contributed by atoms with Gasteiger partial charge in [0.25, 0.3) is 0 Å². The Bertz CT molecular complexity index is 1750. The number of fused-ring (bicyclic) bond motifs is 1. The first kappa shape index (κ1) is 27.5. The molecule has 9 heteroatoms. The van der Waals surface area contributed by atoms with Gasteiger partial charge in [-0.3, -0.25) is 14.5 Å². The van der Waals surface area contributed by atoms with Crippen molar-refractivity contribution < 1.29 is 18.4 Å². The third-order valence-electron chi connectivity index (χ3n) is 7.47. The van der Waals surface area contributed by atoms with E-state index >= 15 is 4.39 Å². The summed E-state index contributed by atoms with van der Waals surface area (Å²) in [6.45, 7) is 3.98. The standard InChI is InChI=1S/C33H29FN4O3S/c1-21-10-8-16-27(22(21)2)38-33-30(31(36-38)23-11-4-3-5-12-23)32(25-14-6-7-15-26(25)34)42-20-29(40)37(33)19-28(39)35-18-24-13-9-17-41-24/h3-17,32H,18-20H2,1-2H3,(H,35,39)/t32-/m1/s1. The number of carbonyl (C=O) groups excluding carboxylic acids is 2. The van der Waals surface area contributed by atoms with Crippen molar-refractivity contribution in [1.29, 1.82) is 0 Å². The van der Waals surface area contributed by atoms with E-state index in [1.165, 1.54) is 22.7 Å². The Morgan fingerprint density at radius 3 is 2.57 bits per heavy atom. The molecule has 2 aromatic heterocycles. The molecule has 0 unspecified atom stereocenters. The lowest BCUT2D eigenvalue weighted by Gasteiger charge is -2.24. The summed E-state index contributed by atoms with van der Waals surface area (Å²) in [6, 6.07) is 25.7. The lowest BCUT2D eigenvalue weighted by molar-refractivity contribution is -0.123. The Morgan fingerprint density at radius 1 is 1.02 bits per heavy atom. The van der Waals surface area contributed by atoms with E-state index in [9.17, 15) is 9.59 Å². The molecule has 1 atom stereocenters. The number of furan rings is 1. The van der Waals surface area contributed by atoms with Crippen molar-refractivity contribution in [3.05, 3.63) is 125 Å². The molecule has 42 heavy (non-hydrogen) atoms. The van der Waals surface area contributed by atoms with Gasteiger partial charge in [0, 0.05) is 16.7 Å². The molecule has 2 amide bonds. The van der Waals surface area contributed by atoms with Gasteiger partial charge in [-0.2, -0.15) is 5.10 Å². The Morgan fingerprint density at radius 2 is 1.81 bits per heavy atom. The zero-order valence-corrected chi connectivity index (χ0v) is 24.0. The molecule has 0 saturated heterocycles. The molecule has 3 aromatic carbocycles. The van der Waals surface area contributed by atoms with E-state index < -0.39 is 5.25 Å². The molecule has 0 bridgehead atoms. The van der Waals surface area contributed by atoms with Crippen LogP contribution in [-0.2, 0) is 16.1 Å². The van der Waals surface area contributed by atoms with Gasteiger partial charge in [0.05, 0.1) is 35.2 Å². The van der Waals surface area contributed by atoms with Crippen LogP contribution in [-0.4, -0.2) is 33.9 Å². The van der Waals surface area contributed by atoms with Crippen LogP contribution in [0.2, 0.25) is 0 Å². The Balaban J connectivity index is 1.57. The second-order valence-electron chi connectivity index (χ2n) is 10.1. The van der Waals surface area contributed by atoms with Crippen LogP contribution < -0.4 is 10.2 Å². The Kier molecular flexibility index (Phi) is 7.67. The fraction of sp³-hybridized carbons (Fsp3) is 0.182. The van der Waals surface area contributed by atoms with Crippen LogP contribution in [0.4, 0.5) is 10.2 Å². The third kappa shape index (κ3) is 5.23. The van der Waals surface area contributed by atoms with Gasteiger partial charge >= 0.3 is 0 Å². The van der Waals surface area contributed by atoms with Gasteiger partial charge in [0.1, 0.15) is 23.9 Å². The van der Waals surface area contributed by atoms with Crippen molar-refractivity contribution in [1.82, 2.24) is 15.1 Å². The lowest BCUT2D eigenvalue weighted by atomic mass is 9.99. The maximum absolute atomic E-state index is 15.4. The highest BCUT2D eigenvalue weighted by Crippen LogP contribution is 2.49. The smallest absolute Gasteiger partial charge is 0.240 e. The van der Waals surface area contributed by atoms with E-state index in [1.807, 2.05) is 62.4 Å². The van der Waals surface area contributed by atoms with E-state index in [4.69, 9.17) is 9.52 Å². The van der Waals surface area contributed by atoms with Crippen LogP contribution in [0.1, 0.15) is 33.3 Å². The Hall–Kier alpha value is -4.63. The van der Waals surface area contributed by atoms with Gasteiger partial charge in [-0.1, -0.05) is 60.7 Å². The first-order valence-corrected chi connectivity index (χ1v) is 14.7. The highest BCUT2D eigenvalue weighted by atomic mass is 32.2. The van der Waals surface area contributed by atoms with Crippen molar-refractivity contribution in [2.45, 2.75) is 25.6 Å². The molecule has 5 aromatic rings. The van der Waals surface area contributed by atoms with Crippen LogP contribution in [0.15, 0.2) is 95.6 Å². The number of carbonyl (C=O) groups is 2. The number of rotatable bonds is 7. The highest BCUT2D eigenvalue weighted by molar-refractivity contribution is 8.00. The van der Waals surface area contributed by atoms with Crippen LogP contribution in [0, 0.1) is 19.7 Å². The number of halogens is 1. The molecule has 0 aliphatic carbocycles. The van der Waals surface area contributed by atoms with E-state index in [2.05, 4.69) is 5.32 Å². The molecule has 3 heterocycles. The molecule has 1 aliphatic rings. The number of hydrogen-bond acceptors (Lipinski definition) is 5. The van der Waals surface area contributed by atoms with Gasteiger partial charge in [-0.05, 0) is 49.2 Å². The van der Waals surface area contributed by atoms with Crippen LogP contribution >= 0.6 is 11.8 Å². The zero-order valence-electron chi connectivity index (χ0n) is 23.2. The molecule has 0 saturated carbocycles. The van der Waals surface area contributed by atoms with Gasteiger partial charge in [0.2, 0.25) is 11.8 Å². The average molecular weight is 581 g/mol.